The Bertz CT molecular complexity index is 1350. The van der Waals surface area contributed by atoms with E-state index in [4.69, 9.17) is 14.2 Å². The molecule has 4 aromatic rings. The lowest BCUT2D eigenvalue weighted by Gasteiger charge is -2.11. The minimum atomic E-state index is -0.330. The Morgan fingerprint density at radius 1 is 0.829 bits per heavy atom. The van der Waals surface area contributed by atoms with Gasteiger partial charge in [-0.15, -0.1) is 0 Å². The van der Waals surface area contributed by atoms with Gasteiger partial charge < -0.3 is 29.8 Å². The van der Waals surface area contributed by atoms with E-state index in [0.29, 0.717) is 52.4 Å². The molecule has 1 heterocycles. The molecular formula is C27H27N3O5. The van der Waals surface area contributed by atoms with Crippen LogP contribution in [0.2, 0.25) is 0 Å². The number of aromatic nitrogens is 1. The van der Waals surface area contributed by atoms with Gasteiger partial charge in [-0.05, 0) is 54.4 Å². The minimum absolute atomic E-state index is 0.268. The quantitative estimate of drug-likeness (QED) is 0.334. The molecule has 0 aliphatic heterocycles. The van der Waals surface area contributed by atoms with Crippen molar-refractivity contribution in [1.29, 1.82) is 0 Å². The van der Waals surface area contributed by atoms with Gasteiger partial charge in [0.2, 0.25) is 0 Å². The predicted octanol–water partition coefficient (Wildman–Crippen LogP) is 4.42. The zero-order valence-corrected chi connectivity index (χ0v) is 19.8. The van der Waals surface area contributed by atoms with Crippen LogP contribution in [-0.2, 0) is 6.42 Å². The summed E-state index contributed by atoms with van der Waals surface area (Å²) in [5.41, 5.74) is 2.85. The molecule has 0 aliphatic carbocycles. The van der Waals surface area contributed by atoms with E-state index in [-0.39, 0.29) is 17.5 Å². The van der Waals surface area contributed by atoms with Crippen LogP contribution in [0.1, 0.15) is 26.4 Å². The van der Waals surface area contributed by atoms with Crippen LogP contribution in [0.5, 0.6) is 17.2 Å². The van der Waals surface area contributed by atoms with Crippen molar-refractivity contribution in [3.63, 3.8) is 0 Å². The number of ether oxygens (including phenoxy) is 3. The summed E-state index contributed by atoms with van der Waals surface area (Å²) in [6.07, 6.45) is 0.589. The Morgan fingerprint density at radius 2 is 1.60 bits per heavy atom. The highest BCUT2D eigenvalue weighted by Gasteiger charge is 2.21. The maximum atomic E-state index is 13.2. The number of carbonyl (C=O) groups is 2. The van der Waals surface area contributed by atoms with Crippen molar-refractivity contribution in [2.75, 3.05) is 33.2 Å². The van der Waals surface area contributed by atoms with Crippen molar-refractivity contribution in [2.24, 2.45) is 0 Å². The first kappa shape index (κ1) is 23.7. The number of carbonyl (C=O) groups excluding carboxylic acids is 2. The van der Waals surface area contributed by atoms with Gasteiger partial charge in [-0.3, -0.25) is 9.59 Å². The van der Waals surface area contributed by atoms with Crippen LogP contribution in [-0.4, -0.2) is 44.7 Å². The third kappa shape index (κ3) is 5.22. The van der Waals surface area contributed by atoms with Gasteiger partial charge in [-0.2, -0.15) is 0 Å². The normalized spacial score (nSPS) is 10.6. The second kappa shape index (κ2) is 10.6. The molecule has 0 spiro atoms. The third-order valence-electron chi connectivity index (χ3n) is 5.65. The lowest BCUT2D eigenvalue weighted by molar-refractivity contribution is 0.0951. The van der Waals surface area contributed by atoms with E-state index in [1.807, 2.05) is 30.3 Å². The molecule has 0 unspecified atom stereocenters. The average Bonchev–Trinajstić information content (AvgIpc) is 3.26. The summed E-state index contributed by atoms with van der Waals surface area (Å²) >= 11 is 0. The van der Waals surface area contributed by atoms with Gasteiger partial charge in [0.1, 0.15) is 11.4 Å². The number of H-pyrrole nitrogens is 1. The van der Waals surface area contributed by atoms with E-state index in [1.165, 1.54) is 0 Å². The number of fused-ring (bicyclic) bond motifs is 1. The maximum absolute atomic E-state index is 13.2. The number of benzene rings is 3. The van der Waals surface area contributed by atoms with Crippen molar-refractivity contribution in [3.8, 4) is 17.2 Å². The van der Waals surface area contributed by atoms with Gasteiger partial charge in [0.25, 0.3) is 11.8 Å². The SMILES string of the molecule is COc1ccc2[nH]c(C(=O)NCCc3ccc(OC)c(OC)c3)c(NC(=O)c3ccccc3)c2c1. The molecule has 0 atom stereocenters. The summed E-state index contributed by atoms with van der Waals surface area (Å²) in [6, 6.07) is 19.9. The minimum Gasteiger partial charge on any atom is -0.497 e. The third-order valence-corrected chi connectivity index (χ3v) is 5.65. The molecule has 8 heteroatoms. The number of hydrogen-bond donors (Lipinski definition) is 3. The fourth-order valence-corrected chi connectivity index (χ4v) is 3.82. The fourth-order valence-electron chi connectivity index (χ4n) is 3.82. The number of methoxy groups -OCH3 is 3. The van der Waals surface area contributed by atoms with E-state index < -0.39 is 0 Å². The highest BCUT2D eigenvalue weighted by molar-refractivity contribution is 6.15. The predicted molar refractivity (Wildman–Crippen MR) is 135 cm³/mol. The Balaban J connectivity index is 1.56. The smallest absolute Gasteiger partial charge is 0.269 e. The van der Waals surface area contributed by atoms with Gasteiger partial charge in [0.15, 0.2) is 11.5 Å². The molecule has 0 fully saturated rings. The highest BCUT2D eigenvalue weighted by atomic mass is 16.5. The van der Waals surface area contributed by atoms with E-state index >= 15 is 0 Å². The van der Waals surface area contributed by atoms with Crippen LogP contribution in [0.4, 0.5) is 5.69 Å². The largest absolute Gasteiger partial charge is 0.497 e. The average molecular weight is 474 g/mol. The topological polar surface area (TPSA) is 102 Å². The second-order valence-corrected chi connectivity index (χ2v) is 7.80. The first-order valence-electron chi connectivity index (χ1n) is 11.1. The van der Waals surface area contributed by atoms with Crippen molar-refractivity contribution in [2.45, 2.75) is 6.42 Å². The molecule has 2 amide bonds. The molecule has 3 N–H and O–H groups in total. The first-order valence-corrected chi connectivity index (χ1v) is 11.1. The second-order valence-electron chi connectivity index (χ2n) is 7.80. The van der Waals surface area contributed by atoms with Crippen LogP contribution in [0.3, 0.4) is 0 Å². The number of anilines is 1. The molecule has 0 radical (unpaired) electrons. The summed E-state index contributed by atoms with van der Waals surface area (Å²) in [5, 5.41) is 6.51. The van der Waals surface area contributed by atoms with E-state index in [0.717, 1.165) is 5.56 Å². The van der Waals surface area contributed by atoms with Crippen molar-refractivity contribution in [3.05, 3.63) is 83.6 Å². The van der Waals surface area contributed by atoms with E-state index in [9.17, 15) is 9.59 Å². The monoisotopic (exact) mass is 473 g/mol. The van der Waals surface area contributed by atoms with Gasteiger partial charge in [0, 0.05) is 23.0 Å². The van der Waals surface area contributed by atoms with Crippen molar-refractivity contribution in [1.82, 2.24) is 10.3 Å². The molecule has 35 heavy (non-hydrogen) atoms. The van der Waals surface area contributed by atoms with E-state index in [1.54, 1.807) is 57.7 Å². The molecule has 0 bridgehead atoms. The zero-order chi connectivity index (χ0) is 24.8. The summed E-state index contributed by atoms with van der Waals surface area (Å²) in [5.74, 6) is 1.25. The number of rotatable bonds is 9. The molecule has 1 aromatic heterocycles. The molecule has 4 rings (SSSR count). The molecule has 0 aliphatic rings. The summed E-state index contributed by atoms with van der Waals surface area (Å²) in [6.45, 7) is 0.388. The molecule has 8 nitrogen and oxygen atoms in total. The van der Waals surface area contributed by atoms with Crippen LogP contribution in [0, 0.1) is 0 Å². The number of amides is 2. The Kier molecular flexibility index (Phi) is 7.21. The fraction of sp³-hybridized carbons (Fsp3) is 0.185. The molecule has 180 valence electrons. The van der Waals surface area contributed by atoms with Crippen LogP contribution < -0.4 is 24.8 Å². The summed E-state index contributed by atoms with van der Waals surface area (Å²) in [7, 11) is 4.74. The zero-order valence-electron chi connectivity index (χ0n) is 19.8. The van der Waals surface area contributed by atoms with Crippen LogP contribution in [0.25, 0.3) is 10.9 Å². The Morgan fingerprint density at radius 3 is 2.31 bits per heavy atom. The van der Waals surface area contributed by atoms with Crippen molar-refractivity contribution >= 4 is 28.4 Å². The summed E-state index contributed by atoms with van der Waals surface area (Å²) < 4.78 is 16.0. The Hall–Kier alpha value is -4.46. The Labute approximate surface area is 203 Å². The standard InChI is InChI=1S/C27H27N3O5/c1-33-19-10-11-21-20(16-19)24(30-26(31)18-7-5-4-6-8-18)25(29-21)27(32)28-14-13-17-9-12-22(34-2)23(15-17)35-3/h4-12,15-16,29H,13-14H2,1-3H3,(H,28,32)(H,30,31). The summed E-state index contributed by atoms with van der Waals surface area (Å²) in [4.78, 5) is 29.2. The van der Waals surface area contributed by atoms with E-state index in [2.05, 4.69) is 15.6 Å². The lowest BCUT2D eigenvalue weighted by atomic mass is 10.1. The van der Waals surface area contributed by atoms with Gasteiger partial charge in [0.05, 0.1) is 27.0 Å². The van der Waals surface area contributed by atoms with Gasteiger partial charge in [-0.1, -0.05) is 24.3 Å². The van der Waals surface area contributed by atoms with Gasteiger partial charge in [-0.25, -0.2) is 0 Å². The number of aromatic amines is 1. The number of hydrogen-bond acceptors (Lipinski definition) is 5. The van der Waals surface area contributed by atoms with Crippen molar-refractivity contribution < 1.29 is 23.8 Å². The molecule has 0 saturated carbocycles. The first-order chi connectivity index (χ1) is 17.0. The van der Waals surface area contributed by atoms with Gasteiger partial charge >= 0.3 is 0 Å². The highest BCUT2D eigenvalue weighted by Crippen LogP contribution is 2.32. The van der Waals surface area contributed by atoms with Crippen LogP contribution in [0.15, 0.2) is 66.7 Å². The molecular weight excluding hydrogens is 446 g/mol. The molecule has 3 aromatic carbocycles. The number of nitrogens with one attached hydrogen (secondary N) is 3. The lowest BCUT2D eigenvalue weighted by Crippen LogP contribution is -2.27. The van der Waals surface area contributed by atoms with Crippen LogP contribution >= 0.6 is 0 Å². The molecule has 0 saturated heterocycles. The maximum Gasteiger partial charge on any atom is 0.269 e.